The van der Waals surface area contributed by atoms with Crippen molar-refractivity contribution in [3.8, 4) is 22.4 Å². The number of ketones is 1. The van der Waals surface area contributed by atoms with Gasteiger partial charge in [0.15, 0.2) is 5.78 Å². The minimum absolute atomic E-state index is 0.0326. The van der Waals surface area contributed by atoms with Crippen molar-refractivity contribution in [3.63, 3.8) is 0 Å². The summed E-state index contributed by atoms with van der Waals surface area (Å²) in [5, 5.41) is 4.84. The molecule has 0 aliphatic carbocycles. The summed E-state index contributed by atoms with van der Waals surface area (Å²) in [5.74, 6) is 0.746. The van der Waals surface area contributed by atoms with Crippen LogP contribution in [0.2, 0.25) is 0 Å². The Morgan fingerprint density at radius 3 is 2.41 bits per heavy atom. The molecule has 0 unspecified atom stereocenters. The predicted molar refractivity (Wildman–Crippen MR) is 134 cm³/mol. The lowest BCUT2D eigenvalue weighted by molar-refractivity contribution is 0.0819. The van der Waals surface area contributed by atoms with Gasteiger partial charge in [-0.25, -0.2) is 4.98 Å². The van der Waals surface area contributed by atoms with Gasteiger partial charge >= 0.3 is 0 Å². The minimum Gasteiger partial charge on any atom is -0.381 e. The van der Waals surface area contributed by atoms with E-state index in [0.29, 0.717) is 17.4 Å². The maximum atomic E-state index is 12.4. The highest BCUT2D eigenvalue weighted by Gasteiger charge is 2.21. The minimum atomic E-state index is 0.0326. The number of carbonyl (C=O) groups excluding carboxylic acids is 1. The van der Waals surface area contributed by atoms with Gasteiger partial charge in [0.25, 0.3) is 0 Å². The number of nitrogens with zero attached hydrogens (tertiary/aromatic N) is 3. The van der Waals surface area contributed by atoms with Crippen LogP contribution in [0.3, 0.4) is 0 Å². The van der Waals surface area contributed by atoms with E-state index in [9.17, 15) is 4.79 Å². The van der Waals surface area contributed by atoms with Gasteiger partial charge in [0.2, 0.25) is 0 Å². The van der Waals surface area contributed by atoms with E-state index in [1.165, 1.54) is 5.69 Å². The summed E-state index contributed by atoms with van der Waals surface area (Å²) < 4.78 is 10.9. The lowest BCUT2D eigenvalue weighted by Crippen LogP contribution is -2.36. The fourth-order valence-corrected chi connectivity index (χ4v) is 4.86. The molecule has 0 N–H and O–H groups in total. The van der Waals surface area contributed by atoms with Crippen LogP contribution < -0.4 is 4.90 Å². The lowest BCUT2D eigenvalue weighted by atomic mass is 9.94. The zero-order chi connectivity index (χ0) is 23.8. The van der Waals surface area contributed by atoms with Crippen molar-refractivity contribution in [2.45, 2.75) is 39.7 Å². The summed E-state index contributed by atoms with van der Waals surface area (Å²) in [6.45, 7) is 7.46. The fourth-order valence-electron chi connectivity index (χ4n) is 4.86. The first-order chi connectivity index (χ1) is 16.4. The molecule has 4 aromatic rings. The Hall–Kier alpha value is -3.51. The maximum absolute atomic E-state index is 12.4. The molecule has 3 heterocycles. The number of aryl methyl sites for hydroxylation is 2. The van der Waals surface area contributed by atoms with Gasteiger partial charge in [0, 0.05) is 42.4 Å². The molecule has 0 atom stereocenters. The summed E-state index contributed by atoms with van der Waals surface area (Å²) in [6, 6.07) is 14.6. The lowest BCUT2D eigenvalue weighted by Gasteiger charge is -2.33. The highest BCUT2D eigenvalue weighted by molar-refractivity contribution is 6.08. The first-order valence-corrected chi connectivity index (χ1v) is 11.7. The van der Waals surface area contributed by atoms with Crippen molar-refractivity contribution in [1.82, 2.24) is 10.1 Å². The van der Waals surface area contributed by atoms with Crippen molar-refractivity contribution >= 4 is 22.4 Å². The average Bonchev–Trinajstić information content (AvgIpc) is 3.28. The summed E-state index contributed by atoms with van der Waals surface area (Å²) in [7, 11) is 1.79. The molecule has 0 spiro atoms. The van der Waals surface area contributed by atoms with Gasteiger partial charge in [0.05, 0.1) is 29.1 Å². The number of hydrogen-bond donors (Lipinski definition) is 0. The smallest absolute Gasteiger partial charge is 0.160 e. The largest absolute Gasteiger partial charge is 0.381 e. The summed E-state index contributed by atoms with van der Waals surface area (Å²) in [5.41, 5.74) is 7.35. The van der Waals surface area contributed by atoms with Gasteiger partial charge in [-0.1, -0.05) is 17.3 Å². The van der Waals surface area contributed by atoms with E-state index < -0.39 is 0 Å². The third-order valence-corrected chi connectivity index (χ3v) is 6.78. The second-order valence-electron chi connectivity index (χ2n) is 9.08. The number of carbonyl (C=O) groups is 1. The topological polar surface area (TPSA) is 68.5 Å². The summed E-state index contributed by atoms with van der Waals surface area (Å²) in [4.78, 5) is 19.8. The molecule has 0 bridgehead atoms. The molecule has 2 aromatic heterocycles. The Bertz CT molecular complexity index is 1350. The number of hydrogen-bond acceptors (Lipinski definition) is 6. The Balaban J connectivity index is 1.61. The average molecular weight is 456 g/mol. The number of piperidine rings is 1. The Morgan fingerprint density at radius 1 is 1.06 bits per heavy atom. The van der Waals surface area contributed by atoms with Crippen molar-refractivity contribution in [2.24, 2.45) is 0 Å². The Morgan fingerprint density at radius 2 is 1.79 bits per heavy atom. The van der Waals surface area contributed by atoms with Crippen LogP contribution in [0.4, 0.5) is 5.69 Å². The zero-order valence-corrected chi connectivity index (χ0v) is 20.1. The van der Waals surface area contributed by atoms with Gasteiger partial charge in [-0.3, -0.25) is 4.79 Å². The SMILES string of the molecule is COC1CCN(c2ccc(-c3cc4c(C(C)=O)cc(C)cc4nc3-c3cnoc3C)cc2)CC1. The van der Waals surface area contributed by atoms with Crippen LogP contribution >= 0.6 is 0 Å². The summed E-state index contributed by atoms with van der Waals surface area (Å²) in [6.07, 6.45) is 4.14. The Kier molecular flexibility index (Phi) is 5.92. The monoisotopic (exact) mass is 455 g/mol. The highest BCUT2D eigenvalue weighted by Crippen LogP contribution is 2.37. The zero-order valence-electron chi connectivity index (χ0n) is 20.1. The van der Waals surface area contributed by atoms with E-state index in [2.05, 4.69) is 40.4 Å². The number of pyridine rings is 1. The predicted octanol–water partition coefficient (Wildman–Crippen LogP) is 5.99. The Labute approximate surface area is 199 Å². The van der Waals surface area contributed by atoms with Crippen molar-refractivity contribution < 1.29 is 14.1 Å². The van der Waals surface area contributed by atoms with Crippen molar-refractivity contribution in [1.29, 1.82) is 0 Å². The van der Waals surface area contributed by atoms with E-state index in [1.54, 1.807) is 20.2 Å². The summed E-state index contributed by atoms with van der Waals surface area (Å²) >= 11 is 0. The van der Waals surface area contributed by atoms with Gasteiger partial charge in [-0.15, -0.1) is 0 Å². The van der Waals surface area contributed by atoms with Crippen LogP contribution in [0.25, 0.3) is 33.3 Å². The number of Topliss-reactive ketones (excluding diaryl/α,β-unsaturated/α-hetero) is 1. The second-order valence-corrected chi connectivity index (χ2v) is 9.08. The molecule has 0 radical (unpaired) electrons. The molecule has 6 nitrogen and oxygen atoms in total. The quantitative estimate of drug-likeness (QED) is 0.344. The molecule has 1 aliphatic rings. The second kappa shape index (κ2) is 9.03. The number of aromatic nitrogens is 2. The molecule has 1 saturated heterocycles. The molecular formula is C28H29N3O3. The molecule has 1 fully saturated rings. The molecule has 0 amide bonds. The number of fused-ring (bicyclic) bond motifs is 1. The van der Waals surface area contributed by atoms with E-state index >= 15 is 0 Å². The highest BCUT2D eigenvalue weighted by atomic mass is 16.5. The van der Waals surface area contributed by atoms with Crippen LogP contribution in [-0.2, 0) is 4.74 Å². The van der Waals surface area contributed by atoms with Gasteiger partial charge < -0.3 is 14.2 Å². The standard InChI is InChI=1S/C28H29N3O3/c1-17-13-23(18(2)32)25-15-24(28(30-27(25)14-17)26-16-29-34-19(26)3)20-5-7-21(8-6-20)31-11-9-22(33-4)10-12-31/h5-8,13-16,22H,9-12H2,1-4H3. The van der Waals surface area contributed by atoms with Gasteiger partial charge in [-0.05, 0) is 75.1 Å². The third kappa shape index (κ3) is 4.10. The van der Waals surface area contributed by atoms with Gasteiger partial charge in [-0.2, -0.15) is 0 Å². The van der Waals surface area contributed by atoms with Crippen molar-refractivity contribution in [3.05, 3.63) is 65.5 Å². The van der Waals surface area contributed by atoms with E-state index in [1.807, 2.05) is 26.0 Å². The molecule has 1 aliphatic heterocycles. The molecule has 6 heteroatoms. The number of rotatable bonds is 5. The molecule has 5 rings (SSSR count). The van der Waals surface area contributed by atoms with E-state index in [0.717, 1.165) is 64.8 Å². The molecule has 34 heavy (non-hydrogen) atoms. The number of ether oxygens (including phenoxy) is 1. The first kappa shape index (κ1) is 22.3. The third-order valence-electron chi connectivity index (χ3n) is 6.78. The van der Waals surface area contributed by atoms with Crippen LogP contribution in [-0.4, -0.2) is 42.2 Å². The van der Waals surface area contributed by atoms with Crippen LogP contribution in [0.15, 0.2) is 53.2 Å². The maximum Gasteiger partial charge on any atom is 0.160 e. The number of anilines is 1. The molecule has 0 saturated carbocycles. The van der Waals surface area contributed by atoms with Crippen LogP contribution in [0, 0.1) is 13.8 Å². The van der Waals surface area contributed by atoms with Gasteiger partial charge in [0.1, 0.15) is 5.76 Å². The fraction of sp³-hybridized carbons (Fsp3) is 0.321. The first-order valence-electron chi connectivity index (χ1n) is 11.7. The van der Waals surface area contributed by atoms with Crippen LogP contribution in [0.1, 0.15) is 41.4 Å². The number of methoxy groups -OCH3 is 1. The normalized spacial score (nSPS) is 14.6. The molecular weight excluding hydrogens is 426 g/mol. The molecule has 174 valence electrons. The van der Waals surface area contributed by atoms with E-state index in [4.69, 9.17) is 14.2 Å². The van der Waals surface area contributed by atoms with Crippen LogP contribution in [0.5, 0.6) is 0 Å². The van der Waals surface area contributed by atoms with Crippen molar-refractivity contribution in [2.75, 3.05) is 25.1 Å². The van der Waals surface area contributed by atoms with E-state index in [-0.39, 0.29) is 5.78 Å². The molecule has 2 aromatic carbocycles. The number of benzene rings is 2.